The van der Waals surface area contributed by atoms with E-state index in [1.807, 2.05) is 6.92 Å². The molecule has 1 atom stereocenters. The first kappa shape index (κ1) is 14.5. The second-order valence-corrected chi connectivity index (χ2v) is 5.62. The Morgan fingerprint density at radius 3 is 2.68 bits per heavy atom. The molecule has 0 radical (unpaired) electrons. The van der Waals surface area contributed by atoms with Crippen LogP contribution in [0.15, 0.2) is 22.7 Å². The summed E-state index contributed by atoms with van der Waals surface area (Å²) in [6, 6.07) is 4.06. The highest BCUT2D eigenvalue weighted by molar-refractivity contribution is 9.10. The van der Waals surface area contributed by atoms with E-state index in [2.05, 4.69) is 21.0 Å². The van der Waals surface area contributed by atoms with E-state index < -0.39 is 11.9 Å². The van der Waals surface area contributed by atoms with Gasteiger partial charge in [-0.25, -0.2) is 4.39 Å². The zero-order valence-corrected chi connectivity index (χ0v) is 12.8. The van der Waals surface area contributed by atoms with Gasteiger partial charge in [0.25, 0.3) is 0 Å². The smallest absolute Gasteiger partial charge is 0.125 e. The molecule has 102 valence electrons. The van der Waals surface area contributed by atoms with Crippen molar-refractivity contribution in [2.45, 2.75) is 19.4 Å². The normalized spacial score (nSPS) is 12.7. The van der Waals surface area contributed by atoms with Crippen molar-refractivity contribution >= 4 is 27.5 Å². The maximum Gasteiger partial charge on any atom is 0.125 e. The fourth-order valence-electron chi connectivity index (χ4n) is 1.97. The number of hydrogen-bond acceptors (Lipinski definition) is 2. The first-order valence-electron chi connectivity index (χ1n) is 5.70. The molecular formula is C13H13BrClFN2O. The molecule has 1 heterocycles. The van der Waals surface area contributed by atoms with Crippen LogP contribution in [0.5, 0.6) is 0 Å². The van der Waals surface area contributed by atoms with E-state index in [4.69, 9.17) is 11.6 Å². The van der Waals surface area contributed by atoms with Crippen molar-refractivity contribution in [2.75, 3.05) is 0 Å². The Hall–Kier alpha value is -0.910. The molecule has 0 aliphatic rings. The molecule has 1 aromatic carbocycles. The highest BCUT2D eigenvalue weighted by Gasteiger charge is 2.17. The van der Waals surface area contributed by atoms with Crippen LogP contribution in [0.1, 0.15) is 23.1 Å². The number of benzene rings is 1. The molecule has 1 aromatic heterocycles. The van der Waals surface area contributed by atoms with Gasteiger partial charge in [0.15, 0.2) is 0 Å². The van der Waals surface area contributed by atoms with Crippen LogP contribution in [0.2, 0.25) is 5.02 Å². The molecule has 0 bridgehead atoms. The first-order valence-corrected chi connectivity index (χ1v) is 6.87. The third kappa shape index (κ3) is 3.16. The SMILES string of the molecule is Cc1nn(C)c(CC(O)c2cc(F)cc(Cl)c2)c1Br. The van der Waals surface area contributed by atoms with Crippen molar-refractivity contribution in [2.24, 2.45) is 7.05 Å². The molecule has 2 aromatic rings. The Bertz CT molecular complexity index is 595. The van der Waals surface area contributed by atoms with Gasteiger partial charge in [0, 0.05) is 18.5 Å². The number of aliphatic hydroxyl groups is 1. The molecule has 0 aliphatic carbocycles. The lowest BCUT2D eigenvalue weighted by Crippen LogP contribution is -2.07. The lowest BCUT2D eigenvalue weighted by Gasteiger charge is -2.12. The molecule has 2 rings (SSSR count). The third-order valence-electron chi connectivity index (χ3n) is 2.92. The number of aliphatic hydroxyl groups excluding tert-OH is 1. The van der Waals surface area contributed by atoms with E-state index in [0.29, 0.717) is 12.0 Å². The summed E-state index contributed by atoms with van der Waals surface area (Å²) in [4.78, 5) is 0. The number of hydrogen-bond donors (Lipinski definition) is 1. The van der Waals surface area contributed by atoms with Crippen molar-refractivity contribution in [1.82, 2.24) is 9.78 Å². The van der Waals surface area contributed by atoms with Crippen LogP contribution in [0, 0.1) is 12.7 Å². The molecule has 1 N–H and O–H groups in total. The number of halogens is 3. The molecule has 1 unspecified atom stereocenters. The van der Waals surface area contributed by atoms with Crippen LogP contribution in [-0.2, 0) is 13.5 Å². The Kier molecular flexibility index (Phi) is 4.28. The Morgan fingerprint density at radius 1 is 1.47 bits per heavy atom. The summed E-state index contributed by atoms with van der Waals surface area (Å²) < 4.78 is 15.8. The number of aromatic nitrogens is 2. The second-order valence-electron chi connectivity index (χ2n) is 4.39. The maximum absolute atomic E-state index is 13.3. The van der Waals surface area contributed by atoms with Crippen LogP contribution in [0.4, 0.5) is 4.39 Å². The third-order valence-corrected chi connectivity index (χ3v) is 4.17. The number of rotatable bonds is 3. The molecule has 19 heavy (non-hydrogen) atoms. The number of nitrogens with zero attached hydrogens (tertiary/aromatic N) is 2. The van der Waals surface area contributed by atoms with Crippen LogP contribution >= 0.6 is 27.5 Å². The van der Waals surface area contributed by atoms with E-state index in [-0.39, 0.29) is 5.02 Å². The minimum absolute atomic E-state index is 0.273. The van der Waals surface area contributed by atoms with Crippen molar-refractivity contribution in [3.05, 3.63) is 50.5 Å². The summed E-state index contributed by atoms with van der Waals surface area (Å²) in [7, 11) is 1.80. The molecule has 0 spiro atoms. The van der Waals surface area contributed by atoms with Gasteiger partial charge in [-0.05, 0) is 46.6 Å². The second kappa shape index (κ2) is 5.61. The summed E-state index contributed by atoms with van der Waals surface area (Å²) in [6.45, 7) is 1.87. The molecule has 0 aliphatic heterocycles. The summed E-state index contributed by atoms with van der Waals surface area (Å²) in [5.74, 6) is -0.457. The van der Waals surface area contributed by atoms with Gasteiger partial charge >= 0.3 is 0 Å². The Labute approximate surface area is 124 Å². The predicted octanol–water partition coefficient (Wildman–Crippen LogP) is 3.56. The average molecular weight is 348 g/mol. The van der Waals surface area contributed by atoms with Gasteiger partial charge in [-0.3, -0.25) is 4.68 Å². The van der Waals surface area contributed by atoms with Gasteiger partial charge in [-0.2, -0.15) is 5.10 Å². The number of aryl methyl sites for hydroxylation is 2. The van der Waals surface area contributed by atoms with E-state index in [0.717, 1.165) is 15.9 Å². The van der Waals surface area contributed by atoms with E-state index in [1.165, 1.54) is 12.1 Å². The standard InChI is InChI=1S/C13H13BrClFN2O/c1-7-13(14)11(18(2)17-7)6-12(19)8-3-9(15)5-10(16)4-8/h3-5,12,19H,6H2,1-2H3. The lowest BCUT2D eigenvalue weighted by atomic mass is 10.0. The van der Waals surface area contributed by atoms with Gasteiger partial charge < -0.3 is 5.11 Å². The summed E-state index contributed by atoms with van der Waals surface area (Å²) in [6.07, 6.45) is -0.503. The molecule has 0 saturated heterocycles. The zero-order valence-electron chi connectivity index (χ0n) is 10.5. The Morgan fingerprint density at radius 2 is 2.16 bits per heavy atom. The van der Waals surface area contributed by atoms with Crippen molar-refractivity contribution in [3.63, 3.8) is 0 Å². The van der Waals surface area contributed by atoms with Gasteiger partial charge in [-0.1, -0.05) is 11.6 Å². The van der Waals surface area contributed by atoms with Crippen molar-refractivity contribution in [3.8, 4) is 0 Å². The van der Waals surface area contributed by atoms with E-state index in [9.17, 15) is 9.50 Å². The average Bonchev–Trinajstić information content (AvgIpc) is 2.54. The predicted molar refractivity (Wildman–Crippen MR) is 75.7 cm³/mol. The quantitative estimate of drug-likeness (QED) is 0.922. The Balaban J connectivity index is 2.27. The molecule has 0 fully saturated rings. The van der Waals surface area contributed by atoms with Gasteiger partial charge in [0.05, 0.1) is 22.0 Å². The molecule has 0 saturated carbocycles. The maximum atomic E-state index is 13.3. The highest BCUT2D eigenvalue weighted by Crippen LogP contribution is 2.27. The minimum atomic E-state index is -0.834. The van der Waals surface area contributed by atoms with Crippen molar-refractivity contribution in [1.29, 1.82) is 0 Å². The van der Waals surface area contributed by atoms with Gasteiger partial charge in [0.1, 0.15) is 5.82 Å². The monoisotopic (exact) mass is 346 g/mol. The van der Waals surface area contributed by atoms with Crippen LogP contribution < -0.4 is 0 Å². The van der Waals surface area contributed by atoms with Crippen molar-refractivity contribution < 1.29 is 9.50 Å². The van der Waals surface area contributed by atoms with Gasteiger partial charge in [-0.15, -0.1) is 0 Å². The largest absolute Gasteiger partial charge is 0.388 e. The van der Waals surface area contributed by atoms with Crippen LogP contribution in [0.3, 0.4) is 0 Å². The first-order chi connectivity index (χ1) is 8.88. The molecule has 6 heteroatoms. The van der Waals surface area contributed by atoms with E-state index in [1.54, 1.807) is 17.8 Å². The highest BCUT2D eigenvalue weighted by atomic mass is 79.9. The zero-order chi connectivity index (χ0) is 14.2. The summed E-state index contributed by atoms with van der Waals surface area (Å²) >= 11 is 9.22. The van der Waals surface area contributed by atoms with Gasteiger partial charge in [0.2, 0.25) is 0 Å². The summed E-state index contributed by atoms with van der Waals surface area (Å²) in [5, 5.41) is 14.7. The van der Waals surface area contributed by atoms with Crippen LogP contribution in [-0.4, -0.2) is 14.9 Å². The van der Waals surface area contributed by atoms with Crippen LogP contribution in [0.25, 0.3) is 0 Å². The molecule has 0 amide bonds. The topological polar surface area (TPSA) is 38.0 Å². The lowest BCUT2D eigenvalue weighted by molar-refractivity contribution is 0.175. The molecular weight excluding hydrogens is 335 g/mol. The minimum Gasteiger partial charge on any atom is -0.388 e. The fraction of sp³-hybridized carbons (Fsp3) is 0.308. The molecule has 3 nitrogen and oxygen atoms in total. The van der Waals surface area contributed by atoms with E-state index >= 15 is 0 Å². The summed E-state index contributed by atoms with van der Waals surface area (Å²) in [5.41, 5.74) is 2.16. The fourth-order valence-corrected chi connectivity index (χ4v) is 2.70.